The van der Waals surface area contributed by atoms with Gasteiger partial charge in [-0.15, -0.1) is 0 Å². The zero-order valence-electron chi connectivity index (χ0n) is 12.5. The second-order valence-corrected chi connectivity index (χ2v) is 4.98. The van der Waals surface area contributed by atoms with Gasteiger partial charge in [0.25, 0.3) is 0 Å². The van der Waals surface area contributed by atoms with Crippen LogP contribution in [-0.4, -0.2) is 36.8 Å². The number of benzene rings is 1. The molecule has 0 aromatic heterocycles. The van der Waals surface area contributed by atoms with Crippen LogP contribution < -0.4 is 10.1 Å². The maximum atomic E-state index is 12.0. The monoisotopic (exact) mass is 333 g/mol. The van der Waals surface area contributed by atoms with Gasteiger partial charge in [0, 0.05) is 6.54 Å². The molecule has 0 heterocycles. The van der Waals surface area contributed by atoms with E-state index in [1.807, 2.05) is 0 Å². The second-order valence-electron chi connectivity index (χ2n) is 4.98. The van der Waals surface area contributed by atoms with E-state index >= 15 is 0 Å². The average molecular weight is 333 g/mol. The van der Waals surface area contributed by atoms with Crippen LogP contribution in [0.5, 0.6) is 5.75 Å². The lowest BCUT2D eigenvalue weighted by Gasteiger charge is -2.13. The number of aliphatic carboxylic acids is 1. The highest BCUT2D eigenvalue weighted by Crippen LogP contribution is 2.18. The van der Waals surface area contributed by atoms with Crippen LogP contribution in [0.4, 0.5) is 13.2 Å². The van der Waals surface area contributed by atoms with Crippen molar-refractivity contribution < 1.29 is 32.6 Å². The molecule has 5 nitrogen and oxygen atoms in total. The molecule has 0 radical (unpaired) electrons. The van der Waals surface area contributed by atoms with E-state index in [0.717, 1.165) is 5.56 Å². The molecule has 0 aliphatic carbocycles. The van der Waals surface area contributed by atoms with Gasteiger partial charge in [-0.1, -0.05) is 12.1 Å². The number of methoxy groups -OCH3 is 1. The molecule has 1 unspecified atom stereocenters. The number of alkyl halides is 3. The van der Waals surface area contributed by atoms with Crippen molar-refractivity contribution in [2.45, 2.75) is 25.4 Å². The van der Waals surface area contributed by atoms with Crippen LogP contribution in [0.15, 0.2) is 24.3 Å². The molecule has 0 saturated heterocycles. The van der Waals surface area contributed by atoms with Crippen molar-refractivity contribution in [1.82, 2.24) is 5.32 Å². The van der Waals surface area contributed by atoms with Crippen LogP contribution in [0, 0.1) is 5.92 Å². The molecule has 0 bridgehead atoms. The highest BCUT2D eigenvalue weighted by molar-refractivity contribution is 5.81. The molecule has 0 saturated carbocycles. The SMILES string of the molecule is COc1ccc(CC(CCCNC(=O)C(F)(F)F)C(=O)O)cc1. The lowest BCUT2D eigenvalue weighted by Crippen LogP contribution is -2.37. The van der Waals surface area contributed by atoms with E-state index in [9.17, 15) is 27.9 Å². The van der Waals surface area contributed by atoms with Crippen molar-refractivity contribution in [2.75, 3.05) is 13.7 Å². The summed E-state index contributed by atoms with van der Waals surface area (Å²) in [4.78, 5) is 21.9. The zero-order chi connectivity index (χ0) is 17.5. The van der Waals surface area contributed by atoms with Gasteiger partial charge in [-0.05, 0) is 37.0 Å². The van der Waals surface area contributed by atoms with Crippen molar-refractivity contribution in [3.63, 3.8) is 0 Å². The Morgan fingerprint density at radius 2 is 1.87 bits per heavy atom. The van der Waals surface area contributed by atoms with Crippen LogP contribution in [0.2, 0.25) is 0 Å². The van der Waals surface area contributed by atoms with Crippen molar-refractivity contribution >= 4 is 11.9 Å². The topological polar surface area (TPSA) is 75.6 Å². The minimum atomic E-state index is -4.92. The van der Waals surface area contributed by atoms with E-state index in [1.165, 1.54) is 7.11 Å². The van der Waals surface area contributed by atoms with Gasteiger partial charge >= 0.3 is 18.1 Å². The molecule has 8 heteroatoms. The lowest BCUT2D eigenvalue weighted by atomic mass is 9.95. The van der Waals surface area contributed by atoms with E-state index in [2.05, 4.69) is 0 Å². The van der Waals surface area contributed by atoms with Crippen LogP contribution in [-0.2, 0) is 16.0 Å². The summed E-state index contributed by atoms with van der Waals surface area (Å²) in [6.45, 7) is -0.218. The Bertz CT molecular complexity index is 529. The molecule has 1 atom stereocenters. The summed E-state index contributed by atoms with van der Waals surface area (Å²) in [5.41, 5.74) is 0.789. The Kier molecular flexibility index (Phi) is 6.87. The third-order valence-electron chi connectivity index (χ3n) is 3.26. The Morgan fingerprint density at radius 3 is 2.35 bits per heavy atom. The molecular formula is C15H18F3NO4. The number of halogens is 3. The van der Waals surface area contributed by atoms with E-state index in [1.54, 1.807) is 29.6 Å². The van der Waals surface area contributed by atoms with Gasteiger partial charge in [-0.25, -0.2) is 0 Å². The fraction of sp³-hybridized carbons (Fsp3) is 0.467. The minimum Gasteiger partial charge on any atom is -0.497 e. The fourth-order valence-electron chi connectivity index (χ4n) is 2.01. The smallest absolute Gasteiger partial charge is 0.471 e. The molecule has 0 fully saturated rings. The van der Waals surface area contributed by atoms with Gasteiger partial charge in [-0.2, -0.15) is 13.2 Å². The first-order chi connectivity index (χ1) is 10.7. The molecule has 0 aliphatic rings. The first kappa shape index (κ1) is 18.8. The minimum absolute atomic E-state index is 0.148. The van der Waals surface area contributed by atoms with Gasteiger partial charge in [-0.3, -0.25) is 9.59 Å². The van der Waals surface area contributed by atoms with Crippen molar-refractivity contribution in [1.29, 1.82) is 0 Å². The highest BCUT2D eigenvalue weighted by Gasteiger charge is 2.38. The van der Waals surface area contributed by atoms with E-state index in [4.69, 9.17) is 4.74 Å². The highest BCUT2D eigenvalue weighted by atomic mass is 19.4. The number of rotatable bonds is 8. The van der Waals surface area contributed by atoms with Crippen LogP contribution in [0.3, 0.4) is 0 Å². The summed E-state index contributed by atoms with van der Waals surface area (Å²) in [5, 5.41) is 10.9. The number of carbonyl (C=O) groups excluding carboxylic acids is 1. The third-order valence-corrected chi connectivity index (χ3v) is 3.26. The van der Waals surface area contributed by atoms with Crippen LogP contribution in [0.25, 0.3) is 0 Å². The molecule has 0 aliphatic heterocycles. The van der Waals surface area contributed by atoms with E-state index in [-0.39, 0.29) is 25.8 Å². The van der Waals surface area contributed by atoms with Gasteiger partial charge in [0.05, 0.1) is 13.0 Å². The fourth-order valence-corrected chi connectivity index (χ4v) is 2.01. The normalized spacial score (nSPS) is 12.5. The summed E-state index contributed by atoms with van der Waals surface area (Å²) in [6, 6.07) is 6.88. The van der Waals surface area contributed by atoms with Crippen molar-refractivity contribution in [3.8, 4) is 5.75 Å². The zero-order valence-corrected chi connectivity index (χ0v) is 12.5. The average Bonchev–Trinajstić information content (AvgIpc) is 2.49. The number of nitrogens with one attached hydrogen (secondary N) is 1. The first-order valence-electron chi connectivity index (χ1n) is 6.94. The largest absolute Gasteiger partial charge is 0.497 e. The maximum Gasteiger partial charge on any atom is 0.471 e. The second kappa shape index (κ2) is 8.40. The summed E-state index contributed by atoms with van der Waals surface area (Å²) >= 11 is 0. The number of hydrogen-bond acceptors (Lipinski definition) is 3. The molecule has 1 aromatic rings. The standard InChI is InChI=1S/C15H18F3NO4/c1-23-12-6-4-10(5-7-12)9-11(13(20)21)3-2-8-19-14(22)15(16,17)18/h4-7,11H,2-3,8-9H2,1H3,(H,19,22)(H,20,21). The van der Waals surface area contributed by atoms with Crippen LogP contribution in [0.1, 0.15) is 18.4 Å². The molecule has 2 N–H and O–H groups in total. The predicted octanol–water partition coefficient (Wildman–Crippen LogP) is 2.40. The number of carboxylic acids is 1. The van der Waals surface area contributed by atoms with Crippen molar-refractivity contribution in [2.24, 2.45) is 5.92 Å². The molecule has 128 valence electrons. The molecule has 1 amide bonds. The molecular weight excluding hydrogens is 315 g/mol. The summed E-state index contributed by atoms with van der Waals surface area (Å²) < 4.78 is 41.0. The third kappa shape index (κ3) is 6.58. The molecule has 1 aromatic carbocycles. The molecule has 0 spiro atoms. The van der Waals surface area contributed by atoms with Gasteiger partial charge in [0.1, 0.15) is 5.75 Å². The van der Waals surface area contributed by atoms with E-state index in [0.29, 0.717) is 5.75 Å². The number of ether oxygens (including phenoxy) is 1. The van der Waals surface area contributed by atoms with Gasteiger partial charge < -0.3 is 15.2 Å². The summed E-state index contributed by atoms with van der Waals surface area (Å²) in [5.74, 6) is -3.12. The summed E-state index contributed by atoms with van der Waals surface area (Å²) in [7, 11) is 1.52. The number of hydrogen-bond donors (Lipinski definition) is 2. The number of amides is 1. The Morgan fingerprint density at radius 1 is 1.26 bits per heavy atom. The van der Waals surface area contributed by atoms with Gasteiger partial charge in [0.2, 0.25) is 0 Å². The Balaban J connectivity index is 2.46. The lowest BCUT2D eigenvalue weighted by molar-refractivity contribution is -0.173. The Hall–Kier alpha value is -2.25. The van der Waals surface area contributed by atoms with Gasteiger partial charge in [0.15, 0.2) is 0 Å². The quantitative estimate of drug-likeness (QED) is 0.716. The number of carbonyl (C=O) groups is 2. The van der Waals surface area contributed by atoms with Crippen LogP contribution >= 0.6 is 0 Å². The molecule has 1 rings (SSSR count). The van der Waals surface area contributed by atoms with E-state index < -0.39 is 24.0 Å². The first-order valence-corrected chi connectivity index (χ1v) is 6.94. The predicted molar refractivity (Wildman–Crippen MR) is 76.1 cm³/mol. The molecule has 23 heavy (non-hydrogen) atoms. The number of carboxylic acid groups (broad SMARTS) is 1. The summed E-state index contributed by atoms with van der Waals surface area (Å²) in [6.07, 6.45) is -4.35. The Labute approximate surface area is 131 Å². The van der Waals surface area contributed by atoms with Crippen molar-refractivity contribution in [3.05, 3.63) is 29.8 Å². The maximum absolute atomic E-state index is 12.0.